The number of carbonyl (C=O) groups is 2. The normalized spacial score (nSPS) is 21.5. The number of rotatable bonds is 4. The molecule has 0 radical (unpaired) electrons. The molecule has 2 saturated heterocycles. The summed E-state index contributed by atoms with van der Waals surface area (Å²) >= 11 is 3.46. The Labute approximate surface area is 216 Å². The zero-order chi connectivity index (χ0) is 26.1. The Morgan fingerprint density at radius 3 is 2.11 bits per heavy atom. The van der Waals surface area contributed by atoms with Gasteiger partial charge in [-0.05, 0) is 67.3 Å². The van der Waals surface area contributed by atoms with Crippen LogP contribution in [0.4, 0.5) is 23.7 Å². The minimum Gasteiger partial charge on any atom is -0.376 e. The highest BCUT2D eigenvalue weighted by molar-refractivity contribution is 7.98. The van der Waals surface area contributed by atoms with E-state index in [0.717, 1.165) is 58.1 Å². The van der Waals surface area contributed by atoms with Gasteiger partial charge >= 0.3 is 12.2 Å². The molecule has 3 fully saturated rings. The SMILES string of the molecule is CC(O)(c1ccc(N2CCN(Sc3cccs3)CC2)cc1)C(F)(F)F.CN1C(=O)NC(=O)C12CCC2. The molecule has 196 valence electrons. The number of hydrogen-bond donors (Lipinski definition) is 2. The maximum Gasteiger partial charge on any atom is 0.421 e. The second-order valence-corrected chi connectivity index (χ2v) is 11.6. The van der Waals surface area contributed by atoms with Crippen LogP contribution in [-0.4, -0.2) is 71.2 Å². The average Bonchev–Trinajstić information content (AvgIpc) is 3.39. The van der Waals surface area contributed by atoms with Crippen LogP contribution < -0.4 is 10.2 Å². The molecule has 3 heterocycles. The molecule has 1 atom stereocenters. The summed E-state index contributed by atoms with van der Waals surface area (Å²) in [5, 5.41) is 14.1. The number of imide groups is 1. The summed E-state index contributed by atoms with van der Waals surface area (Å²) in [5.41, 5.74) is -2.56. The van der Waals surface area contributed by atoms with Gasteiger partial charge in [0.1, 0.15) is 5.54 Å². The predicted molar refractivity (Wildman–Crippen MR) is 134 cm³/mol. The van der Waals surface area contributed by atoms with Gasteiger partial charge in [0, 0.05) is 38.9 Å². The van der Waals surface area contributed by atoms with Crippen molar-refractivity contribution in [2.75, 3.05) is 38.1 Å². The van der Waals surface area contributed by atoms with Crippen molar-refractivity contribution < 1.29 is 27.9 Å². The van der Waals surface area contributed by atoms with Crippen LogP contribution in [0.2, 0.25) is 0 Å². The molecule has 1 unspecified atom stereocenters. The van der Waals surface area contributed by atoms with E-state index in [1.165, 1.54) is 21.2 Å². The first-order chi connectivity index (χ1) is 16.9. The molecule has 1 aromatic carbocycles. The number of urea groups is 1. The molecule has 5 rings (SSSR count). The van der Waals surface area contributed by atoms with Crippen LogP contribution in [-0.2, 0) is 10.4 Å². The van der Waals surface area contributed by atoms with Crippen LogP contribution in [0, 0.1) is 0 Å². The topological polar surface area (TPSA) is 76.1 Å². The molecule has 36 heavy (non-hydrogen) atoms. The van der Waals surface area contributed by atoms with Gasteiger partial charge < -0.3 is 14.9 Å². The lowest BCUT2D eigenvalue weighted by molar-refractivity contribution is -0.258. The van der Waals surface area contributed by atoms with E-state index in [0.29, 0.717) is 0 Å². The molecule has 1 spiro atoms. The lowest BCUT2D eigenvalue weighted by atomic mass is 9.76. The van der Waals surface area contributed by atoms with Gasteiger partial charge in [-0.25, -0.2) is 9.10 Å². The summed E-state index contributed by atoms with van der Waals surface area (Å²) in [5.74, 6) is -0.115. The van der Waals surface area contributed by atoms with Crippen molar-refractivity contribution in [1.29, 1.82) is 0 Å². The summed E-state index contributed by atoms with van der Waals surface area (Å²) in [6.07, 6.45) is -2.01. The molecule has 7 nitrogen and oxygen atoms in total. The van der Waals surface area contributed by atoms with E-state index in [9.17, 15) is 27.9 Å². The fraction of sp³-hybridized carbons (Fsp3) is 0.500. The van der Waals surface area contributed by atoms with E-state index >= 15 is 0 Å². The van der Waals surface area contributed by atoms with Gasteiger partial charge in [0.15, 0.2) is 5.60 Å². The lowest BCUT2D eigenvalue weighted by Crippen LogP contribution is -2.53. The van der Waals surface area contributed by atoms with Crippen molar-refractivity contribution >= 4 is 40.9 Å². The zero-order valence-electron chi connectivity index (χ0n) is 20.0. The van der Waals surface area contributed by atoms with E-state index in [1.54, 1.807) is 42.5 Å². The molecule has 3 amide bonds. The lowest BCUT2D eigenvalue weighted by Gasteiger charge is -2.40. The van der Waals surface area contributed by atoms with Crippen LogP contribution in [0.25, 0.3) is 0 Å². The quantitative estimate of drug-likeness (QED) is 0.440. The number of halogens is 3. The maximum absolute atomic E-state index is 12.9. The number of carbonyl (C=O) groups excluding carboxylic acids is 2. The molecular formula is C24H29F3N4O3S2. The van der Waals surface area contributed by atoms with Gasteiger partial charge in [-0.2, -0.15) is 13.2 Å². The second-order valence-electron chi connectivity index (χ2n) is 9.26. The summed E-state index contributed by atoms with van der Waals surface area (Å²) in [4.78, 5) is 25.9. The molecule has 1 aliphatic carbocycles. The van der Waals surface area contributed by atoms with Gasteiger partial charge in [0.25, 0.3) is 5.91 Å². The fourth-order valence-corrected chi connectivity index (χ4v) is 6.20. The molecule has 0 bridgehead atoms. The largest absolute Gasteiger partial charge is 0.421 e. The number of amides is 3. The minimum absolute atomic E-state index is 0.115. The number of hydrogen-bond acceptors (Lipinski definition) is 7. The highest BCUT2D eigenvalue weighted by Gasteiger charge is 2.54. The standard InChI is InChI=1S/C17H19F3N2OS2.C7H10N2O2/c1-16(23,17(18,19)20)13-4-6-14(7-5-13)21-8-10-22(11-9-21)25-15-3-2-12-24-15;1-9-6(11)8-5(10)7(9)3-2-4-7/h2-7,12,23H,8-11H2,1H3;2-4H2,1H3,(H,8,10,11). The van der Waals surface area contributed by atoms with E-state index in [4.69, 9.17) is 0 Å². The number of aliphatic hydroxyl groups is 1. The van der Waals surface area contributed by atoms with E-state index < -0.39 is 17.3 Å². The third kappa shape index (κ3) is 5.22. The molecule has 2 aliphatic heterocycles. The number of likely N-dealkylation sites (N-methyl/N-ethyl adjacent to an activating group) is 1. The van der Waals surface area contributed by atoms with Gasteiger partial charge in [-0.3, -0.25) is 10.1 Å². The number of thiophene rings is 1. The number of nitrogens with zero attached hydrogens (tertiary/aromatic N) is 3. The van der Waals surface area contributed by atoms with Crippen LogP contribution >= 0.6 is 23.3 Å². The van der Waals surface area contributed by atoms with Crippen molar-refractivity contribution in [3.8, 4) is 0 Å². The molecule has 2 aromatic rings. The molecule has 1 aromatic heterocycles. The average molecular weight is 543 g/mol. The van der Waals surface area contributed by atoms with Crippen molar-refractivity contribution in [3.63, 3.8) is 0 Å². The number of alkyl halides is 3. The number of anilines is 1. The second kappa shape index (κ2) is 10.2. The number of benzene rings is 1. The highest BCUT2D eigenvalue weighted by Crippen LogP contribution is 2.40. The van der Waals surface area contributed by atoms with E-state index in [1.807, 2.05) is 6.07 Å². The Bertz CT molecular complexity index is 1070. The minimum atomic E-state index is -4.70. The molecular weight excluding hydrogens is 513 g/mol. The maximum atomic E-state index is 12.9. The van der Waals surface area contributed by atoms with Crippen LogP contribution in [0.1, 0.15) is 31.7 Å². The Hall–Kier alpha value is -2.28. The van der Waals surface area contributed by atoms with Crippen molar-refractivity contribution in [2.24, 2.45) is 0 Å². The van der Waals surface area contributed by atoms with Gasteiger partial charge in [-0.15, -0.1) is 11.3 Å². The summed E-state index contributed by atoms with van der Waals surface area (Å²) < 4.78 is 42.3. The molecule has 1 saturated carbocycles. The third-order valence-electron chi connectivity index (χ3n) is 7.07. The Morgan fingerprint density at radius 1 is 1.06 bits per heavy atom. The first kappa shape index (κ1) is 26.8. The van der Waals surface area contributed by atoms with E-state index in [2.05, 4.69) is 26.0 Å². The summed E-state index contributed by atoms with van der Waals surface area (Å²) in [7, 11) is 1.68. The highest BCUT2D eigenvalue weighted by atomic mass is 32.2. The molecule has 3 aliphatic rings. The zero-order valence-corrected chi connectivity index (χ0v) is 21.7. The summed E-state index contributed by atoms with van der Waals surface area (Å²) in [6, 6.07) is 9.88. The first-order valence-corrected chi connectivity index (χ1v) is 13.3. The van der Waals surface area contributed by atoms with Crippen molar-refractivity contribution in [3.05, 3.63) is 47.3 Å². The van der Waals surface area contributed by atoms with Crippen LogP contribution in [0.5, 0.6) is 0 Å². The summed E-state index contributed by atoms with van der Waals surface area (Å²) in [6.45, 7) is 4.17. The molecule has 12 heteroatoms. The van der Waals surface area contributed by atoms with Gasteiger partial charge in [-0.1, -0.05) is 18.2 Å². The van der Waals surface area contributed by atoms with E-state index in [-0.39, 0.29) is 17.5 Å². The predicted octanol–water partition coefficient (Wildman–Crippen LogP) is 4.44. The van der Waals surface area contributed by atoms with Crippen molar-refractivity contribution in [2.45, 2.75) is 47.7 Å². The van der Waals surface area contributed by atoms with Crippen LogP contribution in [0.15, 0.2) is 46.0 Å². The number of piperazine rings is 1. The smallest absolute Gasteiger partial charge is 0.376 e. The first-order valence-electron chi connectivity index (χ1n) is 11.6. The molecule has 2 N–H and O–H groups in total. The monoisotopic (exact) mass is 542 g/mol. The third-order valence-corrected chi connectivity index (χ3v) is 9.18. The Morgan fingerprint density at radius 2 is 1.69 bits per heavy atom. The van der Waals surface area contributed by atoms with Crippen LogP contribution in [0.3, 0.4) is 0 Å². The Balaban J connectivity index is 0.000000229. The Kier molecular flexibility index (Phi) is 7.61. The van der Waals surface area contributed by atoms with Gasteiger partial charge in [0.05, 0.1) is 4.21 Å². The van der Waals surface area contributed by atoms with Crippen molar-refractivity contribution in [1.82, 2.24) is 14.5 Å². The number of nitrogens with one attached hydrogen (secondary N) is 1. The van der Waals surface area contributed by atoms with Gasteiger partial charge in [0.2, 0.25) is 0 Å². The fourth-order valence-electron chi connectivity index (χ4n) is 4.36.